The number of H-pyrrole nitrogens is 1. The SMILES string of the molecule is CNc1ccc2[nH]c3c(c2c1)CC(=O)Nc1cccnc1-3. The summed E-state index contributed by atoms with van der Waals surface area (Å²) in [6.45, 7) is 0. The minimum Gasteiger partial charge on any atom is -0.388 e. The molecule has 1 aromatic carbocycles. The lowest BCUT2D eigenvalue weighted by Gasteiger charge is -2.04. The summed E-state index contributed by atoms with van der Waals surface area (Å²) in [6, 6.07) is 9.80. The Morgan fingerprint density at radius 3 is 3.05 bits per heavy atom. The molecule has 3 heterocycles. The number of nitrogens with zero attached hydrogens (tertiary/aromatic N) is 1. The maximum atomic E-state index is 12.1. The van der Waals surface area contributed by atoms with Gasteiger partial charge in [0.15, 0.2) is 0 Å². The largest absolute Gasteiger partial charge is 0.388 e. The number of anilines is 2. The molecule has 1 aliphatic heterocycles. The van der Waals surface area contributed by atoms with E-state index in [1.807, 2.05) is 31.3 Å². The Morgan fingerprint density at radius 1 is 1.29 bits per heavy atom. The van der Waals surface area contributed by atoms with Gasteiger partial charge in [0.2, 0.25) is 5.91 Å². The molecule has 21 heavy (non-hydrogen) atoms. The number of amides is 1. The summed E-state index contributed by atoms with van der Waals surface area (Å²) in [7, 11) is 1.88. The highest BCUT2D eigenvalue weighted by Gasteiger charge is 2.23. The summed E-state index contributed by atoms with van der Waals surface area (Å²) in [4.78, 5) is 20.0. The van der Waals surface area contributed by atoms with Gasteiger partial charge in [-0.2, -0.15) is 0 Å². The molecule has 2 aromatic heterocycles. The van der Waals surface area contributed by atoms with Crippen LogP contribution >= 0.6 is 0 Å². The minimum absolute atomic E-state index is 0.0150. The number of carbonyl (C=O) groups is 1. The quantitative estimate of drug-likeness (QED) is 0.641. The summed E-state index contributed by atoms with van der Waals surface area (Å²) in [5.74, 6) is -0.0150. The van der Waals surface area contributed by atoms with Crippen LogP contribution in [-0.4, -0.2) is 22.9 Å². The van der Waals surface area contributed by atoms with Gasteiger partial charge in [-0.25, -0.2) is 0 Å². The number of pyridine rings is 1. The van der Waals surface area contributed by atoms with Gasteiger partial charge >= 0.3 is 0 Å². The van der Waals surface area contributed by atoms with E-state index in [1.165, 1.54) is 0 Å². The van der Waals surface area contributed by atoms with Gasteiger partial charge in [0.25, 0.3) is 0 Å². The van der Waals surface area contributed by atoms with Gasteiger partial charge in [-0.15, -0.1) is 0 Å². The zero-order valence-electron chi connectivity index (χ0n) is 11.5. The van der Waals surface area contributed by atoms with Crippen molar-refractivity contribution >= 4 is 28.2 Å². The summed E-state index contributed by atoms with van der Waals surface area (Å²) >= 11 is 0. The fraction of sp³-hybridized carbons (Fsp3) is 0.125. The van der Waals surface area contributed by atoms with Gasteiger partial charge in [-0.3, -0.25) is 9.78 Å². The number of hydrogen-bond acceptors (Lipinski definition) is 3. The minimum atomic E-state index is -0.0150. The van der Waals surface area contributed by atoms with Crippen LogP contribution in [0, 0.1) is 0 Å². The Hall–Kier alpha value is -2.82. The Labute approximate surface area is 121 Å². The standard InChI is InChI=1S/C16H14N4O/c1-17-9-4-5-12-10(7-9)11-8-14(21)19-13-3-2-6-18-16(13)15(11)20-12/h2-7,17,20H,8H2,1H3,(H,19,21). The van der Waals surface area contributed by atoms with Crippen LogP contribution in [0.3, 0.4) is 0 Å². The molecular formula is C16H14N4O. The van der Waals surface area contributed by atoms with Crippen LogP contribution in [0.4, 0.5) is 11.4 Å². The molecule has 3 aromatic rings. The zero-order valence-corrected chi connectivity index (χ0v) is 11.5. The lowest BCUT2D eigenvalue weighted by Crippen LogP contribution is -2.12. The van der Waals surface area contributed by atoms with E-state index in [2.05, 4.69) is 26.7 Å². The highest BCUT2D eigenvalue weighted by Crippen LogP contribution is 2.36. The third-order valence-electron chi connectivity index (χ3n) is 3.85. The van der Waals surface area contributed by atoms with Gasteiger partial charge in [-0.05, 0) is 35.9 Å². The molecule has 1 amide bonds. The number of rotatable bonds is 1. The van der Waals surface area contributed by atoms with E-state index in [0.717, 1.165) is 39.2 Å². The molecule has 1 aliphatic rings. The molecule has 5 nitrogen and oxygen atoms in total. The first kappa shape index (κ1) is 12.0. The summed E-state index contributed by atoms with van der Waals surface area (Å²) in [5, 5.41) is 7.10. The van der Waals surface area contributed by atoms with Crippen LogP contribution in [0.1, 0.15) is 5.56 Å². The van der Waals surface area contributed by atoms with Gasteiger partial charge < -0.3 is 15.6 Å². The van der Waals surface area contributed by atoms with E-state index in [1.54, 1.807) is 6.20 Å². The summed E-state index contributed by atoms with van der Waals surface area (Å²) in [6.07, 6.45) is 2.09. The van der Waals surface area contributed by atoms with E-state index >= 15 is 0 Å². The number of carbonyl (C=O) groups excluding carboxylic acids is 1. The number of nitrogens with one attached hydrogen (secondary N) is 3. The predicted molar refractivity (Wildman–Crippen MR) is 83.4 cm³/mol. The van der Waals surface area contributed by atoms with Crippen molar-refractivity contribution in [3.05, 3.63) is 42.1 Å². The Kier molecular flexibility index (Phi) is 2.47. The van der Waals surface area contributed by atoms with Crippen molar-refractivity contribution in [1.82, 2.24) is 9.97 Å². The average Bonchev–Trinajstić information content (AvgIpc) is 2.78. The van der Waals surface area contributed by atoms with Crippen molar-refractivity contribution in [2.75, 3.05) is 17.7 Å². The van der Waals surface area contributed by atoms with E-state index in [9.17, 15) is 4.79 Å². The molecule has 0 radical (unpaired) electrons. The highest BCUT2D eigenvalue weighted by atomic mass is 16.1. The van der Waals surface area contributed by atoms with Crippen LogP contribution in [-0.2, 0) is 11.2 Å². The second-order valence-corrected chi connectivity index (χ2v) is 5.11. The van der Waals surface area contributed by atoms with E-state index in [-0.39, 0.29) is 5.91 Å². The number of fused-ring (bicyclic) bond motifs is 5. The van der Waals surface area contributed by atoms with Gasteiger partial charge in [0.05, 0.1) is 17.8 Å². The molecule has 5 heteroatoms. The normalized spacial score (nSPS) is 13.3. The van der Waals surface area contributed by atoms with Crippen LogP contribution < -0.4 is 10.6 Å². The fourth-order valence-corrected chi connectivity index (χ4v) is 2.85. The predicted octanol–water partition coefficient (Wildman–Crippen LogP) is 2.77. The molecular weight excluding hydrogens is 264 g/mol. The van der Waals surface area contributed by atoms with Crippen LogP contribution in [0.15, 0.2) is 36.5 Å². The first-order valence-corrected chi connectivity index (χ1v) is 6.84. The van der Waals surface area contributed by atoms with Crippen molar-refractivity contribution in [2.24, 2.45) is 0 Å². The van der Waals surface area contributed by atoms with Crippen LogP contribution in [0.25, 0.3) is 22.3 Å². The maximum absolute atomic E-state index is 12.1. The first-order chi connectivity index (χ1) is 10.3. The summed E-state index contributed by atoms with van der Waals surface area (Å²) < 4.78 is 0. The van der Waals surface area contributed by atoms with Crippen molar-refractivity contribution in [2.45, 2.75) is 6.42 Å². The Balaban J connectivity index is 2.06. The molecule has 0 saturated heterocycles. The summed E-state index contributed by atoms with van der Waals surface area (Å²) in [5.41, 5.74) is 5.51. The van der Waals surface area contributed by atoms with Crippen LogP contribution in [0.2, 0.25) is 0 Å². The van der Waals surface area contributed by atoms with Crippen molar-refractivity contribution in [3.63, 3.8) is 0 Å². The number of benzene rings is 1. The molecule has 0 atom stereocenters. The third-order valence-corrected chi connectivity index (χ3v) is 3.85. The van der Waals surface area contributed by atoms with Crippen molar-refractivity contribution in [1.29, 1.82) is 0 Å². The second kappa shape index (κ2) is 4.34. The Bertz CT molecular complexity index is 866. The number of aromatic nitrogens is 2. The van der Waals surface area contributed by atoms with E-state index in [4.69, 9.17) is 0 Å². The highest BCUT2D eigenvalue weighted by molar-refractivity contribution is 6.04. The zero-order chi connectivity index (χ0) is 14.4. The lowest BCUT2D eigenvalue weighted by atomic mass is 10.1. The van der Waals surface area contributed by atoms with E-state index in [0.29, 0.717) is 6.42 Å². The molecule has 0 unspecified atom stereocenters. The Morgan fingerprint density at radius 2 is 2.19 bits per heavy atom. The molecule has 0 bridgehead atoms. The smallest absolute Gasteiger partial charge is 0.228 e. The monoisotopic (exact) mass is 278 g/mol. The fourth-order valence-electron chi connectivity index (χ4n) is 2.85. The van der Waals surface area contributed by atoms with Gasteiger partial charge in [-0.1, -0.05) is 0 Å². The maximum Gasteiger partial charge on any atom is 0.228 e. The number of hydrogen-bond donors (Lipinski definition) is 3. The van der Waals surface area contributed by atoms with Gasteiger partial charge in [0, 0.05) is 29.8 Å². The molecule has 3 N–H and O–H groups in total. The topological polar surface area (TPSA) is 69.8 Å². The molecule has 0 spiro atoms. The second-order valence-electron chi connectivity index (χ2n) is 5.11. The molecule has 0 aliphatic carbocycles. The van der Waals surface area contributed by atoms with Crippen molar-refractivity contribution < 1.29 is 4.79 Å². The molecule has 4 rings (SSSR count). The number of aromatic amines is 1. The average molecular weight is 278 g/mol. The first-order valence-electron chi connectivity index (χ1n) is 6.84. The molecule has 0 saturated carbocycles. The third kappa shape index (κ3) is 1.78. The van der Waals surface area contributed by atoms with E-state index < -0.39 is 0 Å². The van der Waals surface area contributed by atoms with Gasteiger partial charge in [0.1, 0.15) is 5.69 Å². The van der Waals surface area contributed by atoms with Crippen LogP contribution in [0.5, 0.6) is 0 Å². The molecule has 0 fully saturated rings. The van der Waals surface area contributed by atoms with Crippen molar-refractivity contribution in [3.8, 4) is 11.4 Å². The lowest BCUT2D eigenvalue weighted by molar-refractivity contribution is -0.115. The molecule has 104 valence electrons.